The second-order valence-electron chi connectivity index (χ2n) is 4.59. The van der Waals surface area contributed by atoms with Gasteiger partial charge in [-0.1, -0.05) is 12.1 Å². The Kier molecular flexibility index (Phi) is 4.31. The third-order valence-corrected chi connectivity index (χ3v) is 5.79. The molecule has 0 aliphatic heterocycles. The third kappa shape index (κ3) is 3.08. The van der Waals surface area contributed by atoms with E-state index < -0.39 is 10.8 Å². The first kappa shape index (κ1) is 14.9. The monoisotopic (exact) mass is 331 g/mol. The standard InChI is InChI=1S/C16H13NO3S2/c1-20-12-8-6-11(7-9-12)14(18)10-22(19)16-17-13-4-2-3-5-15(13)21-16/h2-9H,10H2,1H3. The van der Waals surface area contributed by atoms with Crippen LogP contribution < -0.4 is 4.74 Å². The molecule has 1 aromatic heterocycles. The molecule has 112 valence electrons. The minimum absolute atomic E-state index is 0.0633. The molecule has 1 atom stereocenters. The van der Waals surface area contributed by atoms with Gasteiger partial charge in [0, 0.05) is 5.56 Å². The van der Waals surface area contributed by atoms with E-state index in [9.17, 15) is 9.00 Å². The summed E-state index contributed by atoms with van der Waals surface area (Å²) < 4.78 is 18.9. The maximum absolute atomic E-state index is 12.3. The first-order valence-electron chi connectivity index (χ1n) is 6.58. The summed E-state index contributed by atoms with van der Waals surface area (Å²) in [5.74, 6) is 0.454. The number of hydrogen-bond acceptors (Lipinski definition) is 5. The van der Waals surface area contributed by atoms with Crippen molar-refractivity contribution in [3.05, 3.63) is 54.1 Å². The van der Waals surface area contributed by atoms with Crippen LogP contribution in [0.15, 0.2) is 52.9 Å². The lowest BCUT2D eigenvalue weighted by Crippen LogP contribution is -2.10. The summed E-state index contributed by atoms with van der Waals surface area (Å²) in [4.78, 5) is 16.5. The SMILES string of the molecule is COc1ccc(C(=O)CS(=O)c2nc3ccccc3s2)cc1. The average molecular weight is 331 g/mol. The maximum Gasteiger partial charge on any atom is 0.182 e. The zero-order chi connectivity index (χ0) is 15.5. The van der Waals surface area contributed by atoms with Gasteiger partial charge in [-0.2, -0.15) is 0 Å². The summed E-state index contributed by atoms with van der Waals surface area (Å²) in [5, 5.41) is 0. The Balaban J connectivity index is 1.76. The molecule has 6 heteroatoms. The normalized spacial score (nSPS) is 12.2. The smallest absolute Gasteiger partial charge is 0.182 e. The number of ketones is 1. The molecule has 3 aromatic rings. The van der Waals surface area contributed by atoms with Gasteiger partial charge in [-0.25, -0.2) is 4.98 Å². The molecule has 0 saturated carbocycles. The Labute approximate surface area is 134 Å². The predicted octanol–water partition coefficient (Wildman–Crippen LogP) is 3.30. The Bertz CT molecular complexity index is 807. The van der Waals surface area contributed by atoms with Crippen LogP contribution in [0.5, 0.6) is 5.75 Å². The highest BCUT2D eigenvalue weighted by molar-refractivity contribution is 7.88. The van der Waals surface area contributed by atoms with Crippen molar-refractivity contribution in [1.29, 1.82) is 0 Å². The zero-order valence-electron chi connectivity index (χ0n) is 11.8. The van der Waals surface area contributed by atoms with Crippen LogP contribution in [-0.2, 0) is 10.8 Å². The van der Waals surface area contributed by atoms with Crippen molar-refractivity contribution in [2.45, 2.75) is 4.34 Å². The highest BCUT2D eigenvalue weighted by Crippen LogP contribution is 2.24. The molecule has 0 bridgehead atoms. The fraction of sp³-hybridized carbons (Fsp3) is 0.125. The van der Waals surface area contributed by atoms with Crippen LogP contribution in [-0.4, -0.2) is 27.8 Å². The van der Waals surface area contributed by atoms with Crippen molar-refractivity contribution in [3.8, 4) is 5.75 Å². The van der Waals surface area contributed by atoms with Gasteiger partial charge in [0.15, 0.2) is 10.1 Å². The second-order valence-corrected chi connectivity index (χ2v) is 7.24. The first-order chi connectivity index (χ1) is 10.7. The number of carbonyl (C=O) groups is 1. The highest BCUT2D eigenvalue weighted by atomic mass is 32.2. The van der Waals surface area contributed by atoms with Gasteiger partial charge in [0.2, 0.25) is 0 Å². The lowest BCUT2D eigenvalue weighted by atomic mass is 10.1. The molecule has 0 saturated heterocycles. The number of methoxy groups -OCH3 is 1. The first-order valence-corrected chi connectivity index (χ1v) is 8.72. The van der Waals surface area contributed by atoms with Crippen LogP contribution in [0.1, 0.15) is 10.4 Å². The number of hydrogen-bond donors (Lipinski definition) is 0. The molecule has 0 N–H and O–H groups in total. The number of Topliss-reactive ketones (excluding diaryl/α,β-unsaturated/α-hetero) is 1. The molecule has 0 amide bonds. The van der Waals surface area contributed by atoms with Crippen molar-refractivity contribution in [2.75, 3.05) is 12.9 Å². The highest BCUT2D eigenvalue weighted by Gasteiger charge is 2.16. The van der Waals surface area contributed by atoms with E-state index in [0.717, 1.165) is 10.2 Å². The Morgan fingerprint density at radius 1 is 1.18 bits per heavy atom. The van der Waals surface area contributed by atoms with Crippen LogP contribution in [0.25, 0.3) is 10.2 Å². The van der Waals surface area contributed by atoms with Crippen LogP contribution in [0.4, 0.5) is 0 Å². The fourth-order valence-electron chi connectivity index (χ4n) is 1.99. The third-order valence-electron chi connectivity index (χ3n) is 3.14. The largest absolute Gasteiger partial charge is 0.497 e. The number of ether oxygens (including phenoxy) is 1. The van der Waals surface area contributed by atoms with Crippen LogP contribution >= 0.6 is 11.3 Å². The Morgan fingerprint density at radius 3 is 2.59 bits per heavy atom. The van der Waals surface area contributed by atoms with Crippen molar-refractivity contribution >= 4 is 38.1 Å². The summed E-state index contributed by atoms with van der Waals surface area (Å²) in [7, 11) is 0.141. The van der Waals surface area contributed by atoms with Crippen LogP contribution in [0, 0.1) is 0 Å². The lowest BCUT2D eigenvalue weighted by Gasteiger charge is -2.02. The van der Waals surface area contributed by atoms with Gasteiger partial charge in [-0.3, -0.25) is 9.00 Å². The van der Waals surface area contributed by atoms with Gasteiger partial charge < -0.3 is 4.74 Å². The molecule has 0 fully saturated rings. The van der Waals surface area contributed by atoms with Gasteiger partial charge in [-0.05, 0) is 36.4 Å². The van der Waals surface area contributed by atoms with E-state index in [1.54, 1.807) is 31.4 Å². The number of carbonyl (C=O) groups excluding carboxylic acids is 1. The average Bonchev–Trinajstić information content (AvgIpc) is 2.99. The molecular formula is C16H13NO3S2. The maximum atomic E-state index is 12.3. The van der Waals surface area contributed by atoms with Crippen molar-refractivity contribution in [3.63, 3.8) is 0 Å². The zero-order valence-corrected chi connectivity index (χ0v) is 13.4. The van der Waals surface area contributed by atoms with Crippen LogP contribution in [0.3, 0.4) is 0 Å². The van der Waals surface area contributed by atoms with Crippen molar-refractivity contribution < 1.29 is 13.7 Å². The summed E-state index contributed by atoms with van der Waals surface area (Å²) in [6.45, 7) is 0. The minimum atomic E-state index is -1.43. The number of nitrogens with zero attached hydrogens (tertiary/aromatic N) is 1. The quantitative estimate of drug-likeness (QED) is 0.673. The van der Waals surface area contributed by atoms with Crippen LogP contribution in [0.2, 0.25) is 0 Å². The summed E-state index contributed by atoms with van der Waals surface area (Å²) >= 11 is 1.37. The summed E-state index contributed by atoms with van der Waals surface area (Å²) in [5.41, 5.74) is 1.34. The van der Waals surface area contributed by atoms with Crippen molar-refractivity contribution in [2.24, 2.45) is 0 Å². The number of para-hydroxylation sites is 1. The number of fused-ring (bicyclic) bond motifs is 1. The van der Waals surface area contributed by atoms with Gasteiger partial charge in [0.05, 0.1) is 33.9 Å². The molecule has 0 spiro atoms. The summed E-state index contributed by atoms with van der Waals surface area (Å²) in [6, 6.07) is 14.4. The number of rotatable bonds is 5. The number of thiazole rings is 1. The summed E-state index contributed by atoms with van der Waals surface area (Å²) in [6.07, 6.45) is 0. The molecule has 3 rings (SSSR count). The molecule has 0 aliphatic carbocycles. The Hall–Kier alpha value is -2.05. The van der Waals surface area contributed by atoms with Gasteiger partial charge >= 0.3 is 0 Å². The van der Waals surface area contributed by atoms with Crippen molar-refractivity contribution in [1.82, 2.24) is 4.98 Å². The fourth-order valence-corrected chi connectivity index (χ4v) is 4.23. The van der Waals surface area contributed by atoms with E-state index in [1.165, 1.54) is 11.3 Å². The molecule has 22 heavy (non-hydrogen) atoms. The molecule has 0 radical (unpaired) electrons. The Morgan fingerprint density at radius 2 is 1.91 bits per heavy atom. The second kappa shape index (κ2) is 6.37. The van der Waals surface area contributed by atoms with E-state index in [-0.39, 0.29) is 11.5 Å². The number of aromatic nitrogens is 1. The molecule has 2 aromatic carbocycles. The number of benzene rings is 2. The van der Waals surface area contributed by atoms with Gasteiger partial charge in [0.25, 0.3) is 0 Å². The van der Waals surface area contributed by atoms with E-state index in [0.29, 0.717) is 15.7 Å². The van der Waals surface area contributed by atoms with E-state index >= 15 is 0 Å². The predicted molar refractivity (Wildman–Crippen MR) is 88.2 cm³/mol. The lowest BCUT2D eigenvalue weighted by molar-refractivity contribution is 0.102. The van der Waals surface area contributed by atoms with Gasteiger partial charge in [-0.15, -0.1) is 11.3 Å². The van der Waals surface area contributed by atoms with E-state index in [1.807, 2.05) is 24.3 Å². The molecular weight excluding hydrogens is 318 g/mol. The van der Waals surface area contributed by atoms with E-state index in [4.69, 9.17) is 4.74 Å². The molecule has 1 unspecified atom stereocenters. The molecule has 0 aliphatic rings. The molecule has 1 heterocycles. The van der Waals surface area contributed by atoms with Gasteiger partial charge in [0.1, 0.15) is 5.75 Å². The minimum Gasteiger partial charge on any atom is -0.497 e. The topological polar surface area (TPSA) is 56.3 Å². The van der Waals surface area contributed by atoms with E-state index in [2.05, 4.69) is 4.98 Å². The molecule has 4 nitrogen and oxygen atoms in total.